The Balaban J connectivity index is 2.33. The molecule has 1 atom stereocenters. The lowest BCUT2D eigenvalue weighted by atomic mass is 10.2. The molecule has 0 saturated heterocycles. The van der Waals surface area contributed by atoms with E-state index >= 15 is 0 Å². The lowest BCUT2D eigenvalue weighted by Gasteiger charge is -2.13. The quantitative estimate of drug-likeness (QED) is 0.824. The number of methoxy groups -OCH3 is 1. The maximum Gasteiger partial charge on any atom is 0.339 e. The van der Waals surface area contributed by atoms with E-state index in [4.69, 9.17) is 9.84 Å². The predicted octanol–water partition coefficient (Wildman–Crippen LogP) is 1.42. The smallest absolute Gasteiger partial charge is 0.339 e. The summed E-state index contributed by atoms with van der Waals surface area (Å²) in [5.74, 6) is -1.20. The Bertz CT molecular complexity index is 770. The second kappa shape index (κ2) is 6.16. The average Bonchev–Trinajstić information content (AvgIpc) is 3.00. The van der Waals surface area contributed by atoms with Gasteiger partial charge in [-0.05, 0) is 25.1 Å². The number of benzene rings is 1. The van der Waals surface area contributed by atoms with Crippen LogP contribution in [0.25, 0.3) is 0 Å². The summed E-state index contributed by atoms with van der Waals surface area (Å²) in [6, 6.07) is 4.50. The number of nitrogens with one attached hydrogen (secondary N) is 1. The number of nitrogens with zero attached hydrogens (tertiary/aromatic N) is 1. The number of rotatable bonds is 6. The van der Waals surface area contributed by atoms with Crippen LogP contribution in [0.15, 0.2) is 39.9 Å². The van der Waals surface area contributed by atoms with Crippen molar-refractivity contribution in [2.45, 2.75) is 17.9 Å². The summed E-state index contributed by atoms with van der Waals surface area (Å²) in [5.41, 5.74) is 0.176. The normalized spacial score (nSPS) is 12.8. The van der Waals surface area contributed by atoms with Gasteiger partial charge >= 0.3 is 5.97 Å². The highest BCUT2D eigenvalue weighted by Gasteiger charge is 2.22. The van der Waals surface area contributed by atoms with Gasteiger partial charge in [0.1, 0.15) is 23.3 Å². The lowest BCUT2D eigenvalue weighted by Crippen LogP contribution is -2.27. The summed E-state index contributed by atoms with van der Waals surface area (Å²) in [5, 5.41) is 12.8. The minimum atomic E-state index is -3.92. The summed E-state index contributed by atoms with van der Waals surface area (Å²) in [7, 11) is -2.61. The van der Waals surface area contributed by atoms with Crippen LogP contribution in [0.3, 0.4) is 0 Å². The molecule has 0 saturated carbocycles. The molecule has 2 aromatic rings. The van der Waals surface area contributed by atoms with Gasteiger partial charge in [0.05, 0.1) is 18.0 Å². The zero-order valence-corrected chi connectivity index (χ0v) is 12.6. The number of hydrogen-bond donors (Lipinski definition) is 2. The van der Waals surface area contributed by atoms with Crippen LogP contribution in [0, 0.1) is 0 Å². The van der Waals surface area contributed by atoms with Gasteiger partial charge in [-0.2, -0.15) is 0 Å². The van der Waals surface area contributed by atoms with Crippen LogP contribution >= 0.6 is 0 Å². The molecule has 0 spiro atoms. The van der Waals surface area contributed by atoms with Gasteiger partial charge in [0.2, 0.25) is 10.0 Å². The first-order valence-electron chi connectivity index (χ1n) is 6.19. The fraction of sp³-hybridized carbons (Fsp3) is 0.231. The number of carboxylic acid groups (broad SMARTS) is 1. The van der Waals surface area contributed by atoms with Gasteiger partial charge in [0.25, 0.3) is 0 Å². The van der Waals surface area contributed by atoms with Crippen molar-refractivity contribution in [3.63, 3.8) is 0 Å². The zero-order valence-electron chi connectivity index (χ0n) is 11.8. The Kier molecular flexibility index (Phi) is 4.48. The lowest BCUT2D eigenvalue weighted by molar-refractivity contribution is 0.0693. The van der Waals surface area contributed by atoms with E-state index in [2.05, 4.69) is 14.4 Å². The molecule has 2 N–H and O–H groups in total. The van der Waals surface area contributed by atoms with E-state index in [0.717, 1.165) is 6.07 Å². The van der Waals surface area contributed by atoms with Gasteiger partial charge in [-0.15, -0.1) is 0 Å². The molecule has 1 heterocycles. The Morgan fingerprint density at radius 2 is 2.14 bits per heavy atom. The molecule has 22 heavy (non-hydrogen) atoms. The van der Waals surface area contributed by atoms with Crippen molar-refractivity contribution in [1.82, 2.24) is 9.88 Å². The Morgan fingerprint density at radius 3 is 2.68 bits per heavy atom. The fourth-order valence-electron chi connectivity index (χ4n) is 1.83. The molecular weight excluding hydrogens is 312 g/mol. The van der Waals surface area contributed by atoms with Crippen molar-refractivity contribution in [3.8, 4) is 5.75 Å². The van der Waals surface area contributed by atoms with E-state index in [1.807, 2.05) is 0 Å². The first kappa shape index (κ1) is 16.0. The third-order valence-corrected chi connectivity index (χ3v) is 4.48. The van der Waals surface area contributed by atoms with Crippen LogP contribution < -0.4 is 9.46 Å². The molecule has 0 aliphatic heterocycles. The fourth-order valence-corrected chi connectivity index (χ4v) is 3.07. The van der Waals surface area contributed by atoms with Gasteiger partial charge in [-0.25, -0.2) is 17.9 Å². The first-order chi connectivity index (χ1) is 10.3. The third-order valence-electron chi connectivity index (χ3n) is 2.95. The standard InChI is InChI=1S/C13H14N2O6S/c1-8(11-5-6-21-14-11)15-22(18,19)9-3-4-12(20-2)10(7-9)13(16)17/h3-8,15H,1-2H3,(H,16,17)/t8-/m0/s1. The van der Waals surface area contributed by atoms with E-state index in [9.17, 15) is 13.2 Å². The topological polar surface area (TPSA) is 119 Å². The molecule has 1 aromatic carbocycles. The number of hydrogen-bond acceptors (Lipinski definition) is 6. The molecule has 118 valence electrons. The number of sulfonamides is 1. The van der Waals surface area contributed by atoms with Gasteiger partial charge in [0, 0.05) is 6.07 Å². The number of aromatic carboxylic acids is 1. The highest BCUT2D eigenvalue weighted by atomic mass is 32.2. The molecule has 8 nitrogen and oxygen atoms in total. The summed E-state index contributed by atoms with van der Waals surface area (Å²) in [4.78, 5) is 11.0. The van der Waals surface area contributed by atoms with Crippen LogP contribution in [0.5, 0.6) is 5.75 Å². The van der Waals surface area contributed by atoms with Crippen molar-refractivity contribution in [1.29, 1.82) is 0 Å². The van der Waals surface area contributed by atoms with Crippen LogP contribution in [-0.4, -0.2) is 31.8 Å². The Hall–Kier alpha value is -2.39. The average molecular weight is 326 g/mol. The molecule has 0 bridgehead atoms. The number of carbonyl (C=O) groups is 1. The van der Waals surface area contributed by atoms with Crippen molar-refractivity contribution in [2.75, 3.05) is 7.11 Å². The van der Waals surface area contributed by atoms with Crippen molar-refractivity contribution in [2.24, 2.45) is 0 Å². The summed E-state index contributed by atoms with van der Waals surface area (Å²) < 4.78 is 36.6. The largest absolute Gasteiger partial charge is 0.496 e. The number of ether oxygens (including phenoxy) is 1. The van der Waals surface area contributed by atoms with Crippen molar-refractivity contribution in [3.05, 3.63) is 41.8 Å². The summed E-state index contributed by atoms with van der Waals surface area (Å²) in [6.07, 6.45) is 1.33. The summed E-state index contributed by atoms with van der Waals surface area (Å²) in [6.45, 7) is 1.59. The second-order valence-electron chi connectivity index (χ2n) is 4.43. The van der Waals surface area contributed by atoms with Crippen molar-refractivity contribution < 1.29 is 27.6 Å². The van der Waals surface area contributed by atoms with Crippen LogP contribution in [-0.2, 0) is 10.0 Å². The Labute approximate surface area is 126 Å². The second-order valence-corrected chi connectivity index (χ2v) is 6.15. The molecule has 2 rings (SSSR count). The Morgan fingerprint density at radius 1 is 1.41 bits per heavy atom. The monoisotopic (exact) mass is 326 g/mol. The van der Waals surface area contributed by atoms with E-state index < -0.39 is 22.0 Å². The van der Waals surface area contributed by atoms with Crippen LogP contribution in [0.2, 0.25) is 0 Å². The van der Waals surface area contributed by atoms with E-state index in [1.165, 1.54) is 31.6 Å². The van der Waals surface area contributed by atoms with Gasteiger partial charge in [-0.1, -0.05) is 5.16 Å². The molecular formula is C13H14N2O6S. The maximum absolute atomic E-state index is 12.3. The number of aromatic nitrogens is 1. The molecule has 0 radical (unpaired) electrons. The summed E-state index contributed by atoms with van der Waals surface area (Å²) >= 11 is 0. The van der Waals surface area contributed by atoms with Crippen LogP contribution in [0.4, 0.5) is 0 Å². The zero-order chi connectivity index (χ0) is 16.3. The highest BCUT2D eigenvalue weighted by Crippen LogP contribution is 2.23. The van der Waals surface area contributed by atoms with Gasteiger partial charge < -0.3 is 14.4 Å². The highest BCUT2D eigenvalue weighted by molar-refractivity contribution is 7.89. The van der Waals surface area contributed by atoms with E-state index in [-0.39, 0.29) is 16.2 Å². The van der Waals surface area contributed by atoms with E-state index in [1.54, 1.807) is 6.92 Å². The predicted molar refractivity (Wildman–Crippen MR) is 75.2 cm³/mol. The maximum atomic E-state index is 12.3. The molecule has 0 amide bonds. The third kappa shape index (κ3) is 3.26. The molecule has 0 fully saturated rings. The van der Waals surface area contributed by atoms with Gasteiger partial charge in [-0.3, -0.25) is 0 Å². The molecule has 0 aliphatic rings. The SMILES string of the molecule is COc1ccc(S(=O)(=O)N[C@@H](C)c2ccon2)cc1C(=O)O. The minimum absolute atomic E-state index is 0.0796. The minimum Gasteiger partial charge on any atom is -0.496 e. The number of carboxylic acids is 1. The molecule has 1 aromatic heterocycles. The van der Waals surface area contributed by atoms with Crippen LogP contribution in [0.1, 0.15) is 29.0 Å². The van der Waals surface area contributed by atoms with Gasteiger partial charge in [0.15, 0.2) is 0 Å². The van der Waals surface area contributed by atoms with Crippen molar-refractivity contribution >= 4 is 16.0 Å². The van der Waals surface area contributed by atoms with E-state index in [0.29, 0.717) is 5.69 Å². The molecule has 0 aliphatic carbocycles. The molecule has 9 heteroatoms. The molecule has 0 unspecified atom stereocenters. The first-order valence-corrected chi connectivity index (χ1v) is 7.67.